The number of ether oxygens (including phenoxy) is 1. The molecule has 28 heavy (non-hydrogen) atoms. The predicted molar refractivity (Wildman–Crippen MR) is 109 cm³/mol. The Morgan fingerprint density at radius 2 is 1.75 bits per heavy atom. The van der Waals surface area contributed by atoms with Crippen LogP contribution in [-0.4, -0.2) is 52.2 Å². The van der Waals surface area contributed by atoms with Gasteiger partial charge >= 0.3 is 0 Å². The predicted octanol–water partition coefficient (Wildman–Crippen LogP) is 2.98. The third kappa shape index (κ3) is 5.66. The highest BCUT2D eigenvalue weighted by molar-refractivity contribution is 5.79. The van der Waals surface area contributed by atoms with Crippen molar-refractivity contribution in [1.29, 1.82) is 0 Å². The van der Waals surface area contributed by atoms with Crippen molar-refractivity contribution < 1.29 is 13.5 Å². The molecule has 0 saturated heterocycles. The maximum atomic E-state index is 14.2. The van der Waals surface area contributed by atoms with Crippen LogP contribution in [0.2, 0.25) is 0 Å². The first kappa shape index (κ1) is 21.6. The van der Waals surface area contributed by atoms with Crippen molar-refractivity contribution in [2.45, 2.75) is 12.5 Å². The molecule has 0 spiro atoms. The molecular formula is C21H28F2N4O. The zero-order chi connectivity index (χ0) is 20.5. The molecule has 2 N–H and O–H groups in total. The molecule has 5 nitrogen and oxygen atoms in total. The lowest BCUT2D eigenvalue weighted by atomic mass is 10.0. The van der Waals surface area contributed by atoms with Gasteiger partial charge in [-0.15, -0.1) is 0 Å². The molecule has 0 heterocycles. The van der Waals surface area contributed by atoms with E-state index < -0.39 is 17.7 Å². The van der Waals surface area contributed by atoms with Crippen molar-refractivity contribution in [1.82, 2.24) is 15.5 Å². The summed E-state index contributed by atoms with van der Waals surface area (Å²) in [6.07, 6.45) is 0.754. The summed E-state index contributed by atoms with van der Waals surface area (Å²) in [6, 6.07) is 11.3. The van der Waals surface area contributed by atoms with E-state index in [1.807, 2.05) is 24.3 Å². The van der Waals surface area contributed by atoms with E-state index in [1.54, 1.807) is 33.2 Å². The molecule has 1 unspecified atom stereocenters. The van der Waals surface area contributed by atoms with Gasteiger partial charge in [-0.25, -0.2) is 8.78 Å². The van der Waals surface area contributed by atoms with Crippen molar-refractivity contribution in [3.8, 4) is 5.75 Å². The summed E-state index contributed by atoms with van der Waals surface area (Å²) < 4.78 is 33.7. The van der Waals surface area contributed by atoms with Crippen molar-refractivity contribution in [2.24, 2.45) is 4.99 Å². The second-order valence-electron chi connectivity index (χ2n) is 6.56. The fourth-order valence-corrected chi connectivity index (χ4v) is 3.01. The highest BCUT2D eigenvalue weighted by Gasteiger charge is 2.22. The van der Waals surface area contributed by atoms with Crippen molar-refractivity contribution in [2.75, 3.05) is 41.3 Å². The number of benzene rings is 2. The molecular weight excluding hydrogens is 362 g/mol. The molecule has 0 aliphatic carbocycles. The summed E-state index contributed by atoms with van der Waals surface area (Å²) in [5.41, 5.74) is 1.14. The van der Waals surface area contributed by atoms with E-state index in [9.17, 15) is 8.78 Å². The van der Waals surface area contributed by atoms with E-state index in [1.165, 1.54) is 18.2 Å². The van der Waals surface area contributed by atoms with Crippen LogP contribution < -0.4 is 15.4 Å². The molecule has 2 aromatic rings. The summed E-state index contributed by atoms with van der Waals surface area (Å²) in [7, 11) is 6.88. The SMILES string of the molecule is CN=C(NCCc1ccccc1OC)NCC(c1c(F)cccc1F)N(C)C. The molecule has 2 aromatic carbocycles. The fourth-order valence-electron chi connectivity index (χ4n) is 3.01. The molecule has 0 aliphatic rings. The molecule has 2 rings (SSSR count). The maximum absolute atomic E-state index is 14.2. The minimum Gasteiger partial charge on any atom is -0.496 e. The van der Waals surface area contributed by atoms with Crippen LogP contribution in [0.1, 0.15) is 17.2 Å². The van der Waals surface area contributed by atoms with E-state index in [4.69, 9.17) is 4.74 Å². The van der Waals surface area contributed by atoms with E-state index in [0.717, 1.165) is 17.7 Å². The Bertz CT molecular complexity index is 775. The van der Waals surface area contributed by atoms with Gasteiger partial charge in [0, 0.05) is 25.7 Å². The Morgan fingerprint density at radius 3 is 2.36 bits per heavy atom. The van der Waals surface area contributed by atoms with E-state index in [2.05, 4.69) is 15.6 Å². The van der Waals surface area contributed by atoms with Gasteiger partial charge in [0.05, 0.1) is 13.2 Å². The number of guanidine groups is 1. The molecule has 0 aliphatic heterocycles. The van der Waals surface area contributed by atoms with Gasteiger partial charge in [-0.2, -0.15) is 0 Å². The van der Waals surface area contributed by atoms with Crippen LogP contribution in [0.3, 0.4) is 0 Å². The van der Waals surface area contributed by atoms with Crippen LogP contribution in [0, 0.1) is 11.6 Å². The molecule has 0 fully saturated rings. The van der Waals surface area contributed by atoms with Gasteiger partial charge in [-0.3, -0.25) is 4.99 Å². The van der Waals surface area contributed by atoms with Crippen molar-refractivity contribution >= 4 is 5.96 Å². The van der Waals surface area contributed by atoms with Crippen LogP contribution in [0.25, 0.3) is 0 Å². The van der Waals surface area contributed by atoms with Crippen LogP contribution >= 0.6 is 0 Å². The molecule has 7 heteroatoms. The van der Waals surface area contributed by atoms with Crippen LogP contribution in [-0.2, 0) is 6.42 Å². The Labute approximate surface area is 165 Å². The first-order chi connectivity index (χ1) is 13.5. The number of halogens is 2. The van der Waals surface area contributed by atoms with E-state index in [0.29, 0.717) is 19.0 Å². The number of rotatable bonds is 8. The number of aliphatic imine (C=N–C) groups is 1. The van der Waals surface area contributed by atoms with E-state index >= 15 is 0 Å². The largest absolute Gasteiger partial charge is 0.496 e. The molecule has 152 valence electrons. The van der Waals surface area contributed by atoms with Gasteiger partial charge in [-0.1, -0.05) is 24.3 Å². The lowest BCUT2D eigenvalue weighted by molar-refractivity contribution is 0.282. The third-order valence-corrected chi connectivity index (χ3v) is 4.52. The number of hydrogen-bond donors (Lipinski definition) is 2. The number of methoxy groups -OCH3 is 1. The Kier molecular flexibility index (Phi) is 8.19. The summed E-state index contributed by atoms with van der Waals surface area (Å²) in [4.78, 5) is 5.96. The van der Waals surface area contributed by atoms with Crippen molar-refractivity contribution in [3.05, 3.63) is 65.2 Å². The Balaban J connectivity index is 1.96. The smallest absolute Gasteiger partial charge is 0.191 e. The number of nitrogens with zero attached hydrogens (tertiary/aromatic N) is 2. The number of nitrogens with one attached hydrogen (secondary N) is 2. The Hall–Kier alpha value is -2.67. The molecule has 1 atom stereocenters. The number of hydrogen-bond acceptors (Lipinski definition) is 3. The second-order valence-corrected chi connectivity index (χ2v) is 6.56. The lowest BCUT2D eigenvalue weighted by Crippen LogP contribution is -2.42. The molecule has 0 bridgehead atoms. The van der Waals surface area contributed by atoms with Gasteiger partial charge in [-0.05, 0) is 44.3 Å². The normalized spacial score (nSPS) is 12.8. The van der Waals surface area contributed by atoms with E-state index in [-0.39, 0.29) is 5.56 Å². The van der Waals surface area contributed by atoms with Crippen LogP contribution in [0.15, 0.2) is 47.5 Å². The van der Waals surface area contributed by atoms with Gasteiger partial charge in [0.15, 0.2) is 5.96 Å². The second kappa shape index (κ2) is 10.6. The highest BCUT2D eigenvalue weighted by Crippen LogP contribution is 2.23. The van der Waals surface area contributed by atoms with Crippen LogP contribution in [0.4, 0.5) is 8.78 Å². The minimum absolute atomic E-state index is 0.0458. The fraction of sp³-hybridized carbons (Fsp3) is 0.381. The zero-order valence-corrected chi connectivity index (χ0v) is 16.8. The van der Waals surface area contributed by atoms with Gasteiger partial charge in [0.2, 0.25) is 0 Å². The Morgan fingerprint density at radius 1 is 1.07 bits per heavy atom. The monoisotopic (exact) mass is 390 g/mol. The summed E-state index contributed by atoms with van der Waals surface area (Å²) in [6.45, 7) is 0.944. The summed E-state index contributed by atoms with van der Waals surface area (Å²) >= 11 is 0. The maximum Gasteiger partial charge on any atom is 0.191 e. The quantitative estimate of drug-likeness (QED) is 0.538. The zero-order valence-electron chi connectivity index (χ0n) is 16.8. The first-order valence-corrected chi connectivity index (χ1v) is 9.14. The molecule has 0 saturated carbocycles. The summed E-state index contributed by atoms with van der Waals surface area (Å²) in [5.74, 6) is 0.299. The lowest BCUT2D eigenvalue weighted by Gasteiger charge is -2.26. The number of likely N-dealkylation sites (N-methyl/N-ethyl adjacent to an activating group) is 1. The standard InChI is InChI=1S/C21H28F2N4O/c1-24-21(25-13-12-15-8-5-6-11-19(15)28-4)26-14-18(27(2)3)20-16(22)9-7-10-17(20)23/h5-11,18H,12-14H2,1-4H3,(H2,24,25,26). The average Bonchev–Trinajstić information content (AvgIpc) is 2.68. The highest BCUT2D eigenvalue weighted by atomic mass is 19.1. The van der Waals surface area contributed by atoms with Gasteiger partial charge in [0.25, 0.3) is 0 Å². The third-order valence-electron chi connectivity index (χ3n) is 4.52. The molecule has 0 amide bonds. The number of para-hydroxylation sites is 1. The van der Waals surface area contributed by atoms with Gasteiger partial charge in [0.1, 0.15) is 17.4 Å². The minimum atomic E-state index is -0.556. The van der Waals surface area contributed by atoms with Crippen molar-refractivity contribution in [3.63, 3.8) is 0 Å². The average molecular weight is 390 g/mol. The topological polar surface area (TPSA) is 48.9 Å². The summed E-state index contributed by atoms with van der Waals surface area (Å²) in [5, 5.41) is 6.37. The molecule has 0 radical (unpaired) electrons. The van der Waals surface area contributed by atoms with Crippen LogP contribution in [0.5, 0.6) is 5.75 Å². The van der Waals surface area contributed by atoms with Gasteiger partial charge < -0.3 is 20.3 Å². The first-order valence-electron chi connectivity index (χ1n) is 9.14. The molecule has 0 aromatic heterocycles.